The van der Waals surface area contributed by atoms with Gasteiger partial charge in [0.25, 0.3) is 0 Å². The highest BCUT2D eigenvalue weighted by molar-refractivity contribution is 5.57. The number of hydrogen-bond acceptors (Lipinski definition) is 1. The van der Waals surface area contributed by atoms with Crippen LogP contribution in [0.25, 0.3) is 0 Å². The lowest BCUT2D eigenvalue weighted by molar-refractivity contribution is 0.566. The van der Waals surface area contributed by atoms with Gasteiger partial charge in [-0.3, -0.25) is 0 Å². The largest absolute Gasteiger partial charge is 0.412 e. The minimum Gasteiger partial charge on any atom is -0.412 e. The standard InChI is InChI=1S/C7H8O.2H2O/c8-6-7-4-2-1-3-5-7;;/h2,4H,1,3,5H2;2*1H2. The molecule has 4 N–H and O–H groups in total. The zero-order valence-corrected chi connectivity index (χ0v) is 5.68. The van der Waals surface area contributed by atoms with Gasteiger partial charge in [0.05, 0.1) is 0 Å². The molecule has 1 rings (SSSR count). The normalized spacial score (nSPS) is 14.6. The van der Waals surface area contributed by atoms with Crippen molar-refractivity contribution in [3.63, 3.8) is 0 Å². The van der Waals surface area contributed by atoms with Crippen LogP contribution in [0, 0.1) is 0 Å². The number of carbonyl (C=O) groups excluding carboxylic acids is 1. The Morgan fingerprint density at radius 3 is 2.40 bits per heavy atom. The minimum absolute atomic E-state index is 0. The van der Waals surface area contributed by atoms with E-state index in [9.17, 15) is 4.79 Å². The summed E-state index contributed by atoms with van der Waals surface area (Å²) in [5, 5.41) is 0. The van der Waals surface area contributed by atoms with Crippen molar-refractivity contribution in [3.8, 4) is 0 Å². The van der Waals surface area contributed by atoms with Crippen LogP contribution in [0.2, 0.25) is 0 Å². The molecule has 0 aromatic rings. The molecule has 0 atom stereocenters. The van der Waals surface area contributed by atoms with Crippen LogP contribution in [-0.2, 0) is 4.79 Å². The van der Waals surface area contributed by atoms with E-state index in [-0.39, 0.29) is 11.0 Å². The van der Waals surface area contributed by atoms with Gasteiger partial charge < -0.3 is 11.0 Å². The van der Waals surface area contributed by atoms with Crippen molar-refractivity contribution in [1.29, 1.82) is 0 Å². The summed E-state index contributed by atoms with van der Waals surface area (Å²) in [7, 11) is 0. The van der Waals surface area contributed by atoms with Gasteiger partial charge in [-0.15, -0.1) is 0 Å². The van der Waals surface area contributed by atoms with Gasteiger partial charge in [-0.25, -0.2) is 4.79 Å². The Morgan fingerprint density at radius 1 is 1.40 bits per heavy atom. The molecule has 0 saturated carbocycles. The van der Waals surface area contributed by atoms with Gasteiger partial charge in [-0.05, 0) is 19.3 Å². The average Bonchev–Trinajstić information content (AvgIpc) is 1.90. The van der Waals surface area contributed by atoms with Crippen LogP contribution in [0.4, 0.5) is 0 Å². The van der Waals surface area contributed by atoms with Gasteiger partial charge in [-0.1, -0.05) is 12.2 Å². The van der Waals surface area contributed by atoms with Crippen LogP contribution in [0.3, 0.4) is 0 Å². The molecule has 1 aliphatic carbocycles. The van der Waals surface area contributed by atoms with E-state index < -0.39 is 0 Å². The Morgan fingerprint density at radius 2 is 2.10 bits per heavy atom. The molecule has 0 fully saturated rings. The quantitative estimate of drug-likeness (QED) is 0.435. The molecule has 0 spiro atoms. The third kappa shape index (κ3) is 3.20. The Labute approximate surface area is 59.7 Å². The summed E-state index contributed by atoms with van der Waals surface area (Å²) < 4.78 is 0. The second-order valence-corrected chi connectivity index (χ2v) is 1.92. The summed E-state index contributed by atoms with van der Waals surface area (Å²) in [4.78, 5) is 9.95. The number of hydrogen-bond donors (Lipinski definition) is 0. The zero-order chi connectivity index (χ0) is 5.82. The van der Waals surface area contributed by atoms with Crippen LogP contribution < -0.4 is 0 Å². The highest BCUT2D eigenvalue weighted by Gasteiger charge is 1.96. The Bertz CT molecular complexity index is 154. The summed E-state index contributed by atoms with van der Waals surface area (Å²) in [6.07, 6.45) is 7.02. The molecule has 0 aromatic heterocycles. The maximum Gasteiger partial charge on any atom is 0.127 e. The monoisotopic (exact) mass is 144 g/mol. The van der Waals surface area contributed by atoms with Crippen molar-refractivity contribution < 1.29 is 15.7 Å². The van der Waals surface area contributed by atoms with E-state index >= 15 is 0 Å². The molecule has 0 radical (unpaired) electrons. The van der Waals surface area contributed by atoms with Crippen LogP contribution in [0.1, 0.15) is 19.3 Å². The van der Waals surface area contributed by atoms with Crippen molar-refractivity contribution >= 4 is 5.94 Å². The van der Waals surface area contributed by atoms with Crippen molar-refractivity contribution in [2.75, 3.05) is 0 Å². The van der Waals surface area contributed by atoms with E-state index in [4.69, 9.17) is 0 Å². The van der Waals surface area contributed by atoms with Gasteiger partial charge in [0.1, 0.15) is 5.94 Å². The summed E-state index contributed by atoms with van der Waals surface area (Å²) in [6.45, 7) is 0. The maximum absolute atomic E-state index is 9.95. The third-order valence-electron chi connectivity index (χ3n) is 1.27. The fourth-order valence-corrected chi connectivity index (χ4v) is 0.804. The van der Waals surface area contributed by atoms with Gasteiger partial charge in [0.15, 0.2) is 0 Å². The summed E-state index contributed by atoms with van der Waals surface area (Å²) in [5.41, 5.74) is 0.816. The molecule has 0 unspecified atom stereocenters. The summed E-state index contributed by atoms with van der Waals surface area (Å²) >= 11 is 0. The summed E-state index contributed by atoms with van der Waals surface area (Å²) in [5.74, 6) is 1.88. The lowest BCUT2D eigenvalue weighted by atomic mass is 10.0. The van der Waals surface area contributed by atoms with Gasteiger partial charge >= 0.3 is 0 Å². The molecule has 58 valence electrons. The first-order valence-electron chi connectivity index (χ1n) is 2.84. The molecular formula is C7H12O3. The van der Waals surface area contributed by atoms with Gasteiger partial charge in [0.2, 0.25) is 0 Å². The highest BCUT2D eigenvalue weighted by Crippen LogP contribution is 2.12. The van der Waals surface area contributed by atoms with Crippen molar-refractivity contribution in [1.82, 2.24) is 0 Å². The van der Waals surface area contributed by atoms with E-state index in [1.54, 1.807) is 0 Å². The second kappa shape index (κ2) is 6.23. The van der Waals surface area contributed by atoms with Crippen molar-refractivity contribution in [3.05, 3.63) is 17.7 Å². The third-order valence-corrected chi connectivity index (χ3v) is 1.27. The first-order valence-corrected chi connectivity index (χ1v) is 2.84. The molecule has 0 bridgehead atoms. The Kier molecular flexibility index (Phi) is 7.39. The maximum atomic E-state index is 9.95. The van der Waals surface area contributed by atoms with E-state index in [0.29, 0.717) is 0 Å². The molecular weight excluding hydrogens is 132 g/mol. The molecule has 1 aliphatic rings. The fourth-order valence-electron chi connectivity index (χ4n) is 0.804. The Balaban J connectivity index is 0. The minimum atomic E-state index is 0. The molecule has 0 aliphatic heterocycles. The van der Waals surface area contributed by atoms with E-state index in [1.165, 1.54) is 0 Å². The predicted octanol–water partition coefficient (Wildman–Crippen LogP) is -0.165. The molecule has 3 nitrogen and oxygen atoms in total. The van der Waals surface area contributed by atoms with E-state index in [2.05, 4.69) is 0 Å². The SMILES string of the molecule is O.O.O=C=C1C=CCCC1. The smallest absolute Gasteiger partial charge is 0.127 e. The highest BCUT2D eigenvalue weighted by atomic mass is 16.1. The van der Waals surface area contributed by atoms with E-state index in [1.807, 2.05) is 18.1 Å². The van der Waals surface area contributed by atoms with Crippen molar-refractivity contribution in [2.24, 2.45) is 0 Å². The first-order chi connectivity index (χ1) is 3.93. The molecule has 0 amide bonds. The molecule has 0 aromatic carbocycles. The van der Waals surface area contributed by atoms with E-state index in [0.717, 1.165) is 24.8 Å². The van der Waals surface area contributed by atoms with Crippen LogP contribution in [0.5, 0.6) is 0 Å². The van der Waals surface area contributed by atoms with Gasteiger partial charge in [-0.2, -0.15) is 0 Å². The number of rotatable bonds is 0. The zero-order valence-electron chi connectivity index (χ0n) is 5.68. The van der Waals surface area contributed by atoms with Crippen LogP contribution in [0.15, 0.2) is 17.7 Å². The van der Waals surface area contributed by atoms with Crippen LogP contribution >= 0.6 is 0 Å². The van der Waals surface area contributed by atoms with Gasteiger partial charge in [0, 0.05) is 5.57 Å². The molecule has 10 heavy (non-hydrogen) atoms. The molecule has 0 saturated heterocycles. The topological polar surface area (TPSA) is 80.1 Å². The molecule has 0 heterocycles. The molecule has 3 heteroatoms. The summed E-state index contributed by atoms with van der Waals surface area (Å²) in [6, 6.07) is 0. The number of allylic oxidation sites excluding steroid dienone is 3. The average molecular weight is 144 g/mol. The lowest BCUT2D eigenvalue weighted by Crippen LogP contribution is -1.85. The lowest BCUT2D eigenvalue weighted by Gasteiger charge is -2.00. The Hall–Kier alpha value is -0.890. The fraction of sp³-hybridized carbons (Fsp3) is 0.429. The van der Waals surface area contributed by atoms with Crippen LogP contribution in [-0.4, -0.2) is 16.9 Å². The first kappa shape index (κ1) is 11.9. The predicted molar refractivity (Wildman–Crippen MR) is 39.4 cm³/mol. The second-order valence-electron chi connectivity index (χ2n) is 1.92. The van der Waals surface area contributed by atoms with Crippen molar-refractivity contribution in [2.45, 2.75) is 19.3 Å².